The van der Waals surface area contributed by atoms with Gasteiger partial charge >= 0.3 is 6.18 Å². The molecule has 0 unspecified atom stereocenters. The van der Waals surface area contributed by atoms with Crippen molar-refractivity contribution in [3.8, 4) is 0 Å². The Bertz CT molecular complexity index is 795. The highest BCUT2D eigenvalue weighted by atomic mass is 32.2. The first-order valence-electron chi connectivity index (χ1n) is 9.47. The normalized spacial score (nSPS) is 18.8. The Hall–Kier alpha value is -1.74. The van der Waals surface area contributed by atoms with E-state index in [1.165, 1.54) is 17.8 Å². The summed E-state index contributed by atoms with van der Waals surface area (Å²) < 4.78 is 38.8. The van der Waals surface area contributed by atoms with Gasteiger partial charge in [0.2, 0.25) is 0 Å². The summed E-state index contributed by atoms with van der Waals surface area (Å²) in [6.07, 6.45) is 2.07. The van der Waals surface area contributed by atoms with Crippen molar-refractivity contribution in [2.75, 3.05) is 38.5 Å². The lowest BCUT2D eigenvalue weighted by atomic mass is 10.0. The maximum absolute atomic E-state index is 12.9. The summed E-state index contributed by atoms with van der Waals surface area (Å²) in [6.45, 7) is 5.83. The molecule has 1 aromatic rings. The first kappa shape index (κ1) is 21.0. The second kappa shape index (κ2) is 9.17. The topological polar surface area (TPSA) is 52.2 Å². The van der Waals surface area contributed by atoms with Crippen molar-refractivity contribution in [1.29, 1.82) is 0 Å². The summed E-state index contributed by atoms with van der Waals surface area (Å²) in [6, 6.07) is 0. The number of thioether (sulfide) groups is 1. The van der Waals surface area contributed by atoms with Crippen LogP contribution in [0, 0.1) is 6.92 Å². The monoisotopic (exact) mass is 414 g/mol. The van der Waals surface area contributed by atoms with Crippen LogP contribution in [0.4, 0.5) is 13.2 Å². The van der Waals surface area contributed by atoms with E-state index in [0.29, 0.717) is 22.8 Å². The van der Waals surface area contributed by atoms with E-state index >= 15 is 0 Å². The van der Waals surface area contributed by atoms with Gasteiger partial charge in [-0.1, -0.05) is 17.8 Å². The van der Waals surface area contributed by atoms with Gasteiger partial charge in [-0.15, -0.1) is 0 Å². The number of rotatable bonds is 6. The lowest BCUT2D eigenvalue weighted by molar-refractivity contribution is -0.0943. The second-order valence-electron chi connectivity index (χ2n) is 7.07. The van der Waals surface area contributed by atoms with Gasteiger partial charge in [0.15, 0.2) is 5.16 Å². The van der Waals surface area contributed by atoms with E-state index in [1.807, 2.05) is 6.08 Å². The summed E-state index contributed by atoms with van der Waals surface area (Å²) in [7, 11) is 0. The maximum atomic E-state index is 12.9. The molecular formula is C19H25F3N4OS. The quantitative estimate of drug-likeness (QED) is 0.440. The Morgan fingerprint density at radius 2 is 2.00 bits per heavy atom. The van der Waals surface area contributed by atoms with Crippen molar-refractivity contribution in [2.45, 2.75) is 37.5 Å². The van der Waals surface area contributed by atoms with Crippen molar-refractivity contribution < 1.29 is 13.2 Å². The molecule has 0 atom stereocenters. The Kier molecular flexibility index (Phi) is 6.87. The fourth-order valence-corrected chi connectivity index (χ4v) is 4.09. The van der Waals surface area contributed by atoms with Gasteiger partial charge in [-0.2, -0.15) is 13.2 Å². The average Bonchev–Trinajstić information content (AvgIpc) is 2.68. The van der Waals surface area contributed by atoms with Crippen LogP contribution in [-0.4, -0.2) is 64.4 Å². The summed E-state index contributed by atoms with van der Waals surface area (Å²) in [5, 5.41) is 0.636. The molecule has 0 amide bonds. The van der Waals surface area contributed by atoms with E-state index in [1.54, 1.807) is 13.1 Å². The average molecular weight is 414 g/mol. The highest BCUT2D eigenvalue weighted by Gasteiger charge is 2.34. The third-order valence-corrected chi connectivity index (χ3v) is 5.98. The van der Waals surface area contributed by atoms with E-state index in [-0.39, 0.29) is 12.0 Å². The fraction of sp³-hybridized carbons (Fsp3) is 0.579. The molecule has 0 aromatic carbocycles. The van der Waals surface area contributed by atoms with Gasteiger partial charge in [0.25, 0.3) is 5.56 Å². The van der Waals surface area contributed by atoms with Gasteiger partial charge in [-0.3, -0.25) is 9.69 Å². The van der Waals surface area contributed by atoms with Crippen LogP contribution in [0.3, 0.4) is 0 Å². The van der Waals surface area contributed by atoms with Crippen LogP contribution in [0.2, 0.25) is 0 Å². The molecule has 2 aliphatic rings. The van der Waals surface area contributed by atoms with Gasteiger partial charge in [-0.25, -0.2) is 4.98 Å². The minimum absolute atomic E-state index is 0.0751. The first-order chi connectivity index (χ1) is 13.3. The zero-order valence-electron chi connectivity index (χ0n) is 15.9. The van der Waals surface area contributed by atoms with Crippen molar-refractivity contribution in [2.24, 2.45) is 0 Å². The van der Waals surface area contributed by atoms with E-state index in [4.69, 9.17) is 0 Å². The number of nitrogens with one attached hydrogen (secondary N) is 1. The number of hydrogen-bond acceptors (Lipinski definition) is 5. The van der Waals surface area contributed by atoms with Gasteiger partial charge in [0, 0.05) is 55.0 Å². The van der Waals surface area contributed by atoms with Gasteiger partial charge in [-0.05, 0) is 38.8 Å². The Morgan fingerprint density at radius 3 is 2.68 bits per heavy atom. The predicted octanol–water partition coefficient (Wildman–Crippen LogP) is 3.34. The van der Waals surface area contributed by atoms with E-state index in [2.05, 4.69) is 19.8 Å². The number of H-pyrrole nitrogens is 1. The minimum Gasteiger partial charge on any atom is -0.369 e. The summed E-state index contributed by atoms with van der Waals surface area (Å²) in [5.74, 6) is 0.856. The summed E-state index contributed by atoms with van der Waals surface area (Å²) in [4.78, 5) is 22.9. The molecule has 28 heavy (non-hydrogen) atoms. The molecule has 1 fully saturated rings. The van der Waals surface area contributed by atoms with Gasteiger partial charge < -0.3 is 9.88 Å². The lowest BCUT2D eigenvalue weighted by Crippen LogP contribution is -2.46. The molecular weight excluding hydrogens is 389 g/mol. The highest BCUT2D eigenvalue weighted by molar-refractivity contribution is 7.99. The van der Waals surface area contributed by atoms with Gasteiger partial charge in [0.1, 0.15) is 0 Å². The number of aryl methyl sites for hydroxylation is 1. The maximum Gasteiger partial charge on any atom is 0.412 e. The van der Waals surface area contributed by atoms with Crippen LogP contribution in [0.5, 0.6) is 0 Å². The molecule has 0 radical (unpaired) electrons. The van der Waals surface area contributed by atoms with Gasteiger partial charge in [0.05, 0.1) is 0 Å². The number of nitrogens with zero attached hydrogens (tertiary/aromatic N) is 3. The van der Waals surface area contributed by atoms with Crippen molar-refractivity contribution in [3.63, 3.8) is 0 Å². The molecule has 5 nitrogen and oxygen atoms in total. The third-order valence-electron chi connectivity index (χ3n) is 5.00. The molecule has 2 heterocycles. The van der Waals surface area contributed by atoms with E-state index in [0.717, 1.165) is 44.9 Å². The molecule has 9 heteroatoms. The minimum atomic E-state index is -4.23. The standard InChI is InChI=1S/C19H25F3N4OS/c1-14-13-23-18(24-17(14)27)28-11-3-6-25-7-9-26(10-8-25)16-5-2-4-15(12-16)19(20,21)22/h5,12-13H,2-4,6-11H2,1H3,(H,23,24,27). The molecule has 1 aliphatic heterocycles. The summed E-state index contributed by atoms with van der Waals surface area (Å²) >= 11 is 1.53. The first-order valence-corrected chi connectivity index (χ1v) is 10.5. The number of piperazine rings is 1. The molecule has 1 aromatic heterocycles. The summed E-state index contributed by atoms with van der Waals surface area (Å²) in [5.41, 5.74) is 0.788. The molecule has 0 bridgehead atoms. The van der Waals surface area contributed by atoms with Crippen molar-refractivity contribution in [1.82, 2.24) is 19.8 Å². The molecule has 154 valence electrons. The van der Waals surface area contributed by atoms with Crippen LogP contribution < -0.4 is 5.56 Å². The van der Waals surface area contributed by atoms with Crippen LogP contribution in [0.25, 0.3) is 0 Å². The largest absolute Gasteiger partial charge is 0.412 e. The Labute approximate surface area is 166 Å². The zero-order valence-corrected chi connectivity index (χ0v) is 16.7. The third kappa shape index (κ3) is 5.64. The number of aromatic amines is 1. The number of alkyl halides is 3. The smallest absolute Gasteiger partial charge is 0.369 e. The molecule has 0 saturated carbocycles. The number of aromatic nitrogens is 2. The molecule has 1 N–H and O–H groups in total. The molecule has 0 spiro atoms. The molecule has 3 rings (SSSR count). The Morgan fingerprint density at radius 1 is 1.25 bits per heavy atom. The van der Waals surface area contributed by atoms with Crippen molar-refractivity contribution >= 4 is 11.8 Å². The fourth-order valence-electron chi connectivity index (χ4n) is 3.33. The zero-order chi connectivity index (χ0) is 20.1. The predicted molar refractivity (Wildman–Crippen MR) is 104 cm³/mol. The molecule has 1 aliphatic carbocycles. The Balaban J connectivity index is 1.40. The van der Waals surface area contributed by atoms with E-state index in [9.17, 15) is 18.0 Å². The second-order valence-corrected chi connectivity index (χ2v) is 8.15. The van der Waals surface area contributed by atoms with Crippen LogP contribution >= 0.6 is 11.8 Å². The highest BCUT2D eigenvalue weighted by Crippen LogP contribution is 2.33. The number of allylic oxidation sites excluding steroid dienone is 3. The molecule has 1 saturated heterocycles. The number of hydrogen-bond donors (Lipinski definition) is 1. The lowest BCUT2D eigenvalue weighted by Gasteiger charge is -2.37. The van der Waals surface area contributed by atoms with Crippen molar-refractivity contribution in [3.05, 3.63) is 45.5 Å². The van der Waals surface area contributed by atoms with Crippen LogP contribution in [0.15, 0.2) is 39.6 Å². The SMILES string of the molecule is Cc1cnc(SCCCN2CCN(C3=CCCC(C(F)(F)F)=C3)CC2)[nH]c1=O. The van der Waals surface area contributed by atoms with E-state index < -0.39 is 11.7 Å². The van der Waals surface area contributed by atoms with Crippen LogP contribution in [-0.2, 0) is 0 Å². The van der Waals surface area contributed by atoms with Crippen LogP contribution in [0.1, 0.15) is 24.8 Å². The number of halogens is 3.